The van der Waals surface area contributed by atoms with Crippen molar-refractivity contribution in [1.29, 1.82) is 0 Å². The number of para-hydroxylation sites is 1. The molecular weight excluding hydrogens is 365 g/mol. The van der Waals surface area contributed by atoms with Crippen molar-refractivity contribution in [3.05, 3.63) is 52.8 Å². The van der Waals surface area contributed by atoms with Crippen LogP contribution in [0.3, 0.4) is 0 Å². The second kappa shape index (κ2) is 7.73. The molecule has 0 bridgehead atoms. The largest absolute Gasteiger partial charge is 0.376 e. The lowest BCUT2D eigenvalue weighted by molar-refractivity contribution is -0.115. The van der Waals surface area contributed by atoms with Gasteiger partial charge in [-0.3, -0.25) is 9.59 Å². The highest BCUT2D eigenvalue weighted by Crippen LogP contribution is 2.21. The van der Waals surface area contributed by atoms with Crippen molar-refractivity contribution < 1.29 is 14.0 Å². The van der Waals surface area contributed by atoms with Gasteiger partial charge in [-0.15, -0.1) is 0 Å². The van der Waals surface area contributed by atoms with Crippen molar-refractivity contribution in [2.75, 3.05) is 22.5 Å². The Morgan fingerprint density at radius 3 is 2.52 bits per heavy atom. The van der Waals surface area contributed by atoms with Gasteiger partial charge in [0.15, 0.2) is 0 Å². The van der Waals surface area contributed by atoms with E-state index in [-0.39, 0.29) is 24.0 Å². The van der Waals surface area contributed by atoms with Crippen LogP contribution in [0.25, 0.3) is 0 Å². The third kappa shape index (κ3) is 5.07. The summed E-state index contributed by atoms with van der Waals surface area (Å²) in [6.07, 6.45) is 0. The van der Waals surface area contributed by atoms with E-state index in [0.717, 1.165) is 4.47 Å². The molecule has 0 spiro atoms. The Kier molecular flexibility index (Phi) is 5.70. The van der Waals surface area contributed by atoms with Crippen LogP contribution in [0, 0.1) is 5.82 Å². The highest BCUT2D eigenvalue weighted by Gasteiger charge is 2.08. The molecule has 0 aliphatic heterocycles. The average molecular weight is 380 g/mol. The van der Waals surface area contributed by atoms with Gasteiger partial charge in [-0.25, -0.2) is 4.39 Å². The van der Waals surface area contributed by atoms with E-state index in [1.165, 1.54) is 25.1 Å². The molecule has 2 aromatic carbocycles. The summed E-state index contributed by atoms with van der Waals surface area (Å²) in [7, 11) is 0. The van der Waals surface area contributed by atoms with Crippen LogP contribution in [0.15, 0.2) is 46.9 Å². The molecule has 0 atom stereocenters. The SMILES string of the molecule is CC(=O)Nc1cc(NCC(=O)Nc2ccccc2Br)ccc1F. The minimum atomic E-state index is -0.539. The van der Waals surface area contributed by atoms with Gasteiger partial charge in [0, 0.05) is 17.1 Å². The fraction of sp³-hybridized carbons (Fsp3) is 0.125. The van der Waals surface area contributed by atoms with Gasteiger partial charge in [-0.05, 0) is 46.3 Å². The van der Waals surface area contributed by atoms with E-state index in [4.69, 9.17) is 0 Å². The van der Waals surface area contributed by atoms with Crippen molar-refractivity contribution in [2.24, 2.45) is 0 Å². The zero-order chi connectivity index (χ0) is 16.8. The zero-order valence-electron chi connectivity index (χ0n) is 12.3. The Balaban J connectivity index is 1.96. The molecule has 0 saturated carbocycles. The first-order valence-electron chi connectivity index (χ1n) is 6.81. The Morgan fingerprint density at radius 1 is 1.09 bits per heavy atom. The lowest BCUT2D eigenvalue weighted by Crippen LogP contribution is -2.22. The number of anilines is 3. The van der Waals surface area contributed by atoms with E-state index in [1.54, 1.807) is 6.07 Å². The molecule has 2 aromatic rings. The molecule has 0 heterocycles. The summed E-state index contributed by atoms with van der Waals surface area (Å²) in [5.41, 5.74) is 1.25. The number of rotatable bonds is 5. The van der Waals surface area contributed by atoms with Gasteiger partial charge in [0.25, 0.3) is 0 Å². The molecule has 0 radical (unpaired) electrons. The number of hydrogen-bond acceptors (Lipinski definition) is 3. The molecule has 2 amide bonds. The van der Waals surface area contributed by atoms with Crippen molar-refractivity contribution in [3.63, 3.8) is 0 Å². The van der Waals surface area contributed by atoms with Crippen molar-refractivity contribution in [2.45, 2.75) is 6.92 Å². The number of nitrogens with one attached hydrogen (secondary N) is 3. The maximum Gasteiger partial charge on any atom is 0.243 e. The van der Waals surface area contributed by atoms with Gasteiger partial charge in [-0.1, -0.05) is 12.1 Å². The normalized spacial score (nSPS) is 10.0. The van der Waals surface area contributed by atoms with E-state index in [9.17, 15) is 14.0 Å². The van der Waals surface area contributed by atoms with Gasteiger partial charge in [0.1, 0.15) is 5.82 Å². The van der Waals surface area contributed by atoms with Crippen LogP contribution in [-0.2, 0) is 9.59 Å². The molecule has 0 aliphatic rings. The zero-order valence-corrected chi connectivity index (χ0v) is 13.9. The Hall–Kier alpha value is -2.41. The first-order valence-corrected chi connectivity index (χ1v) is 7.60. The summed E-state index contributed by atoms with van der Waals surface area (Å²) in [5.74, 6) is -1.15. The fourth-order valence-corrected chi connectivity index (χ4v) is 2.24. The first kappa shape index (κ1) is 17.0. The number of amides is 2. The van der Waals surface area contributed by atoms with Crippen LogP contribution < -0.4 is 16.0 Å². The molecule has 5 nitrogen and oxygen atoms in total. The smallest absolute Gasteiger partial charge is 0.243 e. The summed E-state index contributed by atoms with van der Waals surface area (Å²) in [4.78, 5) is 22.9. The highest BCUT2D eigenvalue weighted by atomic mass is 79.9. The van der Waals surface area contributed by atoms with Crippen LogP contribution in [0.4, 0.5) is 21.5 Å². The maximum absolute atomic E-state index is 13.5. The Labute approximate surface area is 141 Å². The average Bonchev–Trinajstić information content (AvgIpc) is 2.50. The molecule has 2 rings (SSSR count). The van der Waals surface area contributed by atoms with E-state index in [1.807, 2.05) is 18.2 Å². The summed E-state index contributed by atoms with van der Waals surface area (Å²) >= 11 is 3.34. The quantitative estimate of drug-likeness (QED) is 0.743. The summed E-state index contributed by atoms with van der Waals surface area (Å²) in [6, 6.07) is 11.4. The molecule has 0 aromatic heterocycles. The van der Waals surface area contributed by atoms with Crippen molar-refractivity contribution in [3.8, 4) is 0 Å². The van der Waals surface area contributed by atoms with Crippen LogP contribution in [-0.4, -0.2) is 18.4 Å². The van der Waals surface area contributed by atoms with Gasteiger partial charge in [0.2, 0.25) is 11.8 Å². The molecule has 3 N–H and O–H groups in total. The minimum Gasteiger partial charge on any atom is -0.376 e. The number of halogens is 2. The second-order valence-electron chi connectivity index (χ2n) is 4.76. The van der Waals surface area contributed by atoms with Crippen LogP contribution in [0.5, 0.6) is 0 Å². The third-order valence-electron chi connectivity index (χ3n) is 2.88. The highest BCUT2D eigenvalue weighted by molar-refractivity contribution is 9.10. The second-order valence-corrected chi connectivity index (χ2v) is 5.61. The van der Waals surface area contributed by atoms with Crippen molar-refractivity contribution >= 4 is 44.8 Å². The predicted molar refractivity (Wildman–Crippen MR) is 92.0 cm³/mol. The van der Waals surface area contributed by atoms with Gasteiger partial charge >= 0.3 is 0 Å². The van der Waals surface area contributed by atoms with Gasteiger partial charge in [-0.2, -0.15) is 0 Å². The number of carbonyl (C=O) groups excluding carboxylic acids is 2. The molecular formula is C16H15BrFN3O2. The third-order valence-corrected chi connectivity index (χ3v) is 3.57. The topological polar surface area (TPSA) is 70.2 Å². The van der Waals surface area contributed by atoms with Crippen LogP contribution in [0.2, 0.25) is 0 Å². The molecule has 0 saturated heterocycles. The lowest BCUT2D eigenvalue weighted by atomic mass is 10.2. The summed E-state index contributed by atoms with van der Waals surface area (Å²) in [6.45, 7) is 1.30. The number of hydrogen-bond donors (Lipinski definition) is 3. The number of carbonyl (C=O) groups is 2. The molecule has 0 fully saturated rings. The maximum atomic E-state index is 13.5. The Bertz CT molecular complexity index is 737. The van der Waals surface area contributed by atoms with Crippen LogP contribution in [0.1, 0.15) is 6.92 Å². The van der Waals surface area contributed by atoms with Crippen LogP contribution >= 0.6 is 15.9 Å². The summed E-state index contributed by atoms with van der Waals surface area (Å²) in [5, 5.41) is 8.01. The molecule has 7 heteroatoms. The standard InChI is InChI=1S/C16H15BrFN3O2/c1-10(22)20-15-8-11(6-7-13(15)18)19-9-16(23)21-14-5-3-2-4-12(14)17/h2-8,19H,9H2,1H3,(H,20,22)(H,21,23). The summed E-state index contributed by atoms with van der Waals surface area (Å²) < 4.78 is 14.3. The fourth-order valence-electron chi connectivity index (χ4n) is 1.86. The van der Waals surface area contributed by atoms with E-state index in [2.05, 4.69) is 31.9 Å². The minimum absolute atomic E-state index is 0.00643. The monoisotopic (exact) mass is 379 g/mol. The molecule has 120 valence electrons. The molecule has 0 unspecified atom stereocenters. The predicted octanol–water partition coefficient (Wildman–Crippen LogP) is 3.60. The Morgan fingerprint density at radius 2 is 1.83 bits per heavy atom. The van der Waals surface area contributed by atoms with E-state index in [0.29, 0.717) is 11.4 Å². The molecule has 23 heavy (non-hydrogen) atoms. The number of benzene rings is 2. The lowest BCUT2D eigenvalue weighted by Gasteiger charge is -2.11. The van der Waals surface area contributed by atoms with Crippen molar-refractivity contribution in [1.82, 2.24) is 0 Å². The molecule has 0 aliphatic carbocycles. The van der Waals surface area contributed by atoms with E-state index >= 15 is 0 Å². The van der Waals surface area contributed by atoms with E-state index < -0.39 is 5.82 Å². The van der Waals surface area contributed by atoms with Gasteiger partial charge in [0.05, 0.1) is 17.9 Å². The first-order chi connectivity index (χ1) is 11.0. The van der Waals surface area contributed by atoms with Gasteiger partial charge < -0.3 is 16.0 Å².